The number of anilines is 2. The summed E-state index contributed by atoms with van der Waals surface area (Å²) in [6, 6.07) is 8.91. The van der Waals surface area contributed by atoms with Gasteiger partial charge in [0.1, 0.15) is 0 Å². The van der Waals surface area contributed by atoms with Crippen LogP contribution in [0.3, 0.4) is 0 Å². The largest absolute Gasteiger partial charge is 0.378 e. The molecule has 2 aromatic carbocycles. The van der Waals surface area contributed by atoms with E-state index in [0.717, 1.165) is 0 Å². The highest BCUT2D eigenvalue weighted by atomic mass is 35.5. The molecule has 0 aliphatic carbocycles. The molecule has 1 aliphatic heterocycles. The van der Waals surface area contributed by atoms with E-state index in [2.05, 4.69) is 5.32 Å². The van der Waals surface area contributed by atoms with Gasteiger partial charge in [-0.15, -0.1) is 0 Å². The van der Waals surface area contributed by atoms with Crippen molar-refractivity contribution in [2.24, 2.45) is 0 Å². The van der Waals surface area contributed by atoms with Crippen molar-refractivity contribution in [1.29, 1.82) is 0 Å². The average Bonchev–Trinajstić information content (AvgIpc) is 2.64. The molecule has 1 N–H and O–H groups in total. The van der Waals surface area contributed by atoms with E-state index in [1.165, 1.54) is 30.3 Å². The minimum Gasteiger partial charge on any atom is -0.378 e. The number of non-ortho nitro benzene ring substituents is 1. The molecule has 136 valence electrons. The second-order valence-electron chi connectivity index (χ2n) is 5.64. The maximum Gasteiger partial charge on any atom is 0.271 e. The van der Waals surface area contributed by atoms with Gasteiger partial charge in [0.15, 0.2) is 0 Å². The summed E-state index contributed by atoms with van der Waals surface area (Å²) in [6.07, 6.45) is 0. The van der Waals surface area contributed by atoms with Gasteiger partial charge >= 0.3 is 0 Å². The number of amides is 1. The first-order valence-corrected chi connectivity index (χ1v) is 8.59. The first-order chi connectivity index (χ1) is 12.5. The number of hydrogen-bond donors (Lipinski definition) is 1. The number of ether oxygens (including phenoxy) is 1. The molecular weight excluding hydrogens is 381 g/mol. The topological polar surface area (TPSA) is 84.7 Å². The van der Waals surface area contributed by atoms with Crippen molar-refractivity contribution in [1.82, 2.24) is 0 Å². The molecule has 0 spiro atoms. The molecule has 9 heteroatoms. The van der Waals surface area contributed by atoms with Gasteiger partial charge in [0, 0.05) is 30.8 Å². The predicted octanol–water partition coefficient (Wildman–Crippen LogP) is 3.99. The van der Waals surface area contributed by atoms with Crippen molar-refractivity contribution in [3.63, 3.8) is 0 Å². The van der Waals surface area contributed by atoms with Crippen LogP contribution >= 0.6 is 23.2 Å². The Morgan fingerprint density at radius 2 is 1.85 bits per heavy atom. The molecule has 1 aliphatic rings. The van der Waals surface area contributed by atoms with Gasteiger partial charge in [0.05, 0.1) is 39.6 Å². The van der Waals surface area contributed by atoms with E-state index in [9.17, 15) is 14.9 Å². The van der Waals surface area contributed by atoms with Crippen LogP contribution in [-0.4, -0.2) is 37.1 Å². The fraction of sp³-hybridized carbons (Fsp3) is 0.235. The summed E-state index contributed by atoms with van der Waals surface area (Å²) in [5.41, 5.74) is 1.36. The van der Waals surface area contributed by atoms with Gasteiger partial charge in [0.25, 0.3) is 11.6 Å². The summed E-state index contributed by atoms with van der Waals surface area (Å²) in [4.78, 5) is 25.1. The van der Waals surface area contributed by atoms with Crippen molar-refractivity contribution in [2.75, 3.05) is 36.5 Å². The fourth-order valence-corrected chi connectivity index (χ4v) is 2.94. The number of hydrogen-bond acceptors (Lipinski definition) is 5. The number of benzene rings is 2. The number of carbonyl (C=O) groups is 1. The number of carbonyl (C=O) groups excluding carboxylic acids is 1. The van der Waals surface area contributed by atoms with E-state index in [1.54, 1.807) is 6.07 Å². The number of rotatable bonds is 4. The Morgan fingerprint density at radius 3 is 2.50 bits per heavy atom. The molecule has 0 radical (unpaired) electrons. The van der Waals surface area contributed by atoms with Gasteiger partial charge in [-0.1, -0.05) is 23.2 Å². The van der Waals surface area contributed by atoms with Crippen LogP contribution in [0.4, 0.5) is 17.1 Å². The average molecular weight is 396 g/mol. The molecule has 7 nitrogen and oxygen atoms in total. The normalized spacial score (nSPS) is 14.2. The zero-order chi connectivity index (χ0) is 18.7. The van der Waals surface area contributed by atoms with Crippen LogP contribution < -0.4 is 10.2 Å². The van der Waals surface area contributed by atoms with Crippen molar-refractivity contribution in [3.8, 4) is 0 Å². The lowest BCUT2D eigenvalue weighted by molar-refractivity contribution is -0.384. The summed E-state index contributed by atoms with van der Waals surface area (Å²) < 4.78 is 5.32. The summed E-state index contributed by atoms with van der Waals surface area (Å²) in [5.74, 6) is -0.382. The highest BCUT2D eigenvalue weighted by Crippen LogP contribution is 2.32. The van der Waals surface area contributed by atoms with E-state index in [4.69, 9.17) is 27.9 Å². The molecule has 0 atom stereocenters. The number of halogens is 2. The Morgan fingerprint density at radius 1 is 1.12 bits per heavy atom. The molecule has 1 heterocycles. The molecule has 1 saturated heterocycles. The summed E-state index contributed by atoms with van der Waals surface area (Å²) in [7, 11) is 0. The molecule has 1 amide bonds. The van der Waals surface area contributed by atoms with Crippen LogP contribution in [0, 0.1) is 10.1 Å². The smallest absolute Gasteiger partial charge is 0.271 e. The molecule has 2 aromatic rings. The van der Waals surface area contributed by atoms with E-state index in [0.29, 0.717) is 48.3 Å². The van der Waals surface area contributed by atoms with Gasteiger partial charge in [-0.3, -0.25) is 14.9 Å². The summed E-state index contributed by atoms with van der Waals surface area (Å²) in [6.45, 7) is 2.19. The third-order valence-electron chi connectivity index (χ3n) is 3.97. The Labute approximate surface area is 159 Å². The third kappa shape index (κ3) is 4.07. The number of nitrogens with zero attached hydrogens (tertiary/aromatic N) is 2. The molecule has 0 saturated carbocycles. The Balaban J connectivity index is 1.91. The Kier molecular flexibility index (Phi) is 5.61. The lowest BCUT2D eigenvalue weighted by atomic mass is 10.1. The van der Waals surface area contributed by atoms with Crippen LogP contribution in [0.25, 0.3) is 0 Å². The van der Waals surface area contributed by atoms with Crippen LogP contribution in [0.1, 0.15) is 10.4 Å². The predicted molar refractivity (Wildman–Crippen MR) is 101 cm³/mol. The van der Waals surface area contributed by atoms with Crippen LogP contribution in [-0.2, 0) is 4.74 Å². The fourth-order valence-electron chi connectivity index (χ4n) is 2.64. The lowest BCUT2D eigenvalue weighted by Gasteiger charge is -2.30. The number of nitro benzene ring substituents is 1. The maximum absolute atomic E-state index is 12.5. The van der Waals surface area contributed by atoms with Gasteiger partial charge in [-0.05, 0) is 24.3 Å². The van der Waals surface area contributed by atoms with Crippen LogP contribution in [0.2, 0.25) is 10.0 Å². The van der Waals surface area contributed by atoms with Crippen LogP contribution in [0.5, 0.6) is 0 Å². The molecule has 3 rings (SSSR count). The molecule has 1 fully saturated rings. The molecule has 0 aromatic heterocycles. The number of morpholine rings is 1. The highest BCUT2D eigenvalue weighted by molar-refractivity contribution is 6.42. The van der Waals surface area contributed by atoms with Crippen molar-refractivity contribution in [2.45, 2.75) is 0 Å². The lowest BCUT2D eigenvalue weighted by Crippen LogP contribution is -2.36. The molecular formula is C17H15Cl2N3O4. The third-order valence-corrected chi connectivity index (χ3v) is 4.71. The Bertz CT molecular complexity index is 854. The van der Waals surface area contributed by atoms with E-state index < -0.39 is 4.92 Å². The zero-order valence-electron chi connectivity index (χ0n) is 13.6. The molecule has 0 bridgehead atoms. The monoisotopic (exact) mass is 395 g/mol. The van der Waals surface area contributed by atoms with Crippen molar-refractivity contribution in [3.05, 3.63) is 62.1 Å². The zero-order valence-corrected chi connectivity index (χ0v) is 15.1. The maximum atomic E-state index is 12.5. The minimum atomic E-state index is -0.464. The molecule has 26 heavy (non-hydrogen) atoms. The van der Waals surface area contributed by atoms with E-state index in [1.807, 2.05) is 4.90 Å². The first kappa shape index (κ1) is 18.4. The molecule has 0 unspecified atom stereocenters. The minimum absolute atomic E-state index is 0.0426. The van der Waals surface area contributed by atoms with Crippen LogP contribution in [0.15, 0.2) is 36.4 Å². The summed E-state index contributed by atoms with van der Waals surface area (Å²) >= 11 is 11.8. The van der Waals surface area contributed by atoms with Gasteiger partial charge in [-0.2, -0.15) is 0 Å². The first-order valence-electron chi connectivity index (χ1n) is 7.83. The number of nitro groups is 1. The quantitative estimate of drug-likeness (QED) is 0.624. The highest BCUT2D eigenvalue weighted by Gasteiger charge is 2.20. The standard InChI is InChI=1S/C17H15Cl2N3O4/c18-13-3-1-11(9-14(13)19)17(23)20-15-4-2-12(22(24)25)10-16(15)21-5-7-26-8-6-21/h1-4,9-10H,5-8H2,(H,20,23). The van der Waals surface area contributed by atoms with Crippen molar-refractivity contribution >= 4 is 46.2 Å². The number of nitrogens with one attached hydrogen (secondary N) is 1. The van der Waals surface area contributed by atoms with Gasteiger partial charge in [-0.25, -0.2) is 0 Å². The second-order valence-corrected chi connectivity index (χ2v) is 6.46. The van der Waals surface area contributed by atoms with Gasteiger partial charge < -0.3 is 15.0 Å². The van der Waals surface area contributed by atoms with E-state index >= 15 is 0 Å². The van der Waals surface area contributed by atoms with E-state index in [-0.39, 0.29) is 16.6 Å². The Hall–Kier alpha value is -2.35. The SMILES string of the molecule is O=C(Nc1ccc([N+](=O)[O-])cc1N1CCOCC1)c1ccc(Cl)c(Cl)c1. The summed E-state index contributed by atoms with van der Waals surface area (Å²) in [5, 5.41) is 14.5. The second kappa shape index (κ2) is 7.90. The van der Waals surface area contributed by atoms with Crippen molar-refractivity contribution < 1.29 is 14.5 Å². The van der Waals surface area contributed by atoms with Gasteiger partial charge in [0.2, 0.25) is 0 Å².